The zero-order valence-electron chi connectivity index (χ0n) is 12.1. The summed E-state index contributed by atoms with van der Waals surface area (Å²) in [5, 5.41) is 4.45. The Kier molecular flexibility index (Phi) is 5.22. The quantitative estimate of drug-likeness (QED) is 0.784. The molecule has 0 saturated carbocycles. The van der Waals surface area contributed by atoms with Crippen LogP contribution in [-0.4, -0.2) is 31.7 Å². The SMILES string of the molecule is O=C(NCc1ccc(Br)s1)c1sccc1S(=O)(=O)N1CCCC1. The molecule has 2 aromatic heterocycles. The number of halogens is 1. The summed E-state index contributed by atoms with van der Waals surface area (Å²) in [5.74, 6) is -0.345. The maximum absolute atomic E-state index is 12.6. The molecule has 2 aromatic rings. The molecule has 0 radical (unpaired) electrons. The average molecular weight is 435 g/mol. The zero-order chi connectivity index (χ0) is 16.4. The minimum absolute atomic E-state index is 0.120. The van der Waals surface area contributed by atoms with E-state index in [0.29, 0.717) is 19.6 Å². The molecular weight excluding hydrogens is 420 g/mol. The summed E-state index contributed by atoms with van der Waals surface area (Å²) in [6.07, 6.45) is 1.75. The van der Waals surface area contributed by atoms with Crippen LogP contribution in [0.5, 0.6) is 0 Å². The Morgan fingerprint density at radius 1 is 1.26 bits per heavy atom. The van der Waals surface area contributed by atoms with Crippen LogP contribution in [0.2, 0.25) is 0 Å². The van der Waals surface area contributed by atoms with Gasteiger partial charge in [0, 0.05) is 18.0 Å². The Labute approximate surface area is 151 Å². The Balaban J connectivity index is 1.76. The number of sulfonamides is 1. The molecule has 23 heavy (non-hydrogen) atoms. The minimum atomic E-state index is -3.57. The standard InChI is InChI=1S/C14H15BrN2O3S3/c15-12-4-3-10(22-12)9-16-14(18)13-11(5-8-21-13)23(19,20)17-6-1-2-7-17/h3-5,8H,1-2,6-7,9H2,(H,16,18). The Hall–Kier alpha value is -0.740. The molecule has 3 heterocycles. The molecule has 1 aliphatic heterocycles. The van der Waals surface area contributed by atoms with Crippen LogP contribution >= 0.6 is 38.6 Å². The van der Waals surface area contributed by atoms with Crippen LogP contribution in [0.25, 0.3) is 0 Å². The maximum Gasteiger partial charge on any atom is 0.263 e. The summed E-state index contributed by atoms with van der Waals surface area (Å²) in [4.78, 5) is 13.8. The van der Waals surface area contributed by atoms with E-state index in [1.165, 1.54) is 21.7 Å². The van der Waals surface area contributed by atoms with E-state index < -0.39 is 10.0 Å². The molecule has 0 bridgehead atoms. The van der Waals surface area contributed by atoms with Gasteiger partial charge in [-0.25, -0.2) is 8.42 Å². The van der Waals surface area contributed by atoms with Gasteiger partial charge in [0.25, 0.3) is 5.91 Å². The number of thiophene rings is 2. The fourth-order valence-electron chi connectivity index (χ4n) is 2.43. The molecule has 3 rings (SSSR count). The Bertz CT molecular complexity index is 807. The van der Waals surface area contributed by atoms with Crippen molar-refractivity contribution in [3.8, 4) is 0 Å². The molecule has 0 atom stereocenters. The number of hydrogen-bond acceptors (Lipinski definition) is 5. The summed E-state index contributed by atoms with van der Waals surface area (Å²) in [5.41, 5.74) is 0. The van der Waals surface area contributed by atoms with Crippen LogP contribution in [0.4, 0.5) is 0 Å². The van der Waals surface area contributed by atoms with Crippen LogP contribution in [0.15, 0.2) is 32.3 Å². The van der Waals surface area contributed by atoms with Crippen LogP contribution in [-0.2, 0) is 16.6 Å². The first-order chi connectivity index (χ1) is 11.0. The molecule has 1 saturated heterocycles. The Morgan fingerprint density at radius 3 is 2.65 bits per heavy atom. The Morgan fingerprint density at radius 2 is 2.00 bits per heavy atom. The minimum Gasteiger partial charge on any atom is -0.346 e. The van der Waals surface area contributed by atoms with E-state index in [1.54, 1.807) is 5.38 Å². The smallest absolute Gasteiger partial charge is 0.263 e. The number of rotatable bonds is 5. The fraction of sp³-hybridized carbons (Fsp3) is 0.357. The summed E-state index contributed by atoms with van der Waals surface area (Å²) in [7, 11) is -3.57. The highest BCUT2D eigenvalue weighted by atomic mass is 79.9. The fourth-order valence-corrected chi connectivity index (χ4v) is 6.69. The van der Waals surface area contributed by atoms with E-state index in [9.17, 15) is 13.2 Å². The third-order valence-corrected chi connectivity index (χ3v) is 8.18. The summed E-state index contributed by atoms with van der Waals surface area (Å²) in [6.45, 7) is 1.45. The molecule has 5 nitrogen and oxygen atoms in total. The van der Waals surface area contributed by atoms with Crippen LogP contribution in [0.3, 0.4) is 0 Å². The molecule has 1 N–H and O–H groups in total. The van der Waals surface area contributed by atoms with Crippen molar-refractivity contribution >= 4 is 54.5 Å². The highest BCUT2D eigenvalue weighted by Crippen LogP contribution is 2.28. The number of amides is 1. The first kappa shape index (κ1) is 17.1. The molecule has 0 aromatic carbocycles. The number of hydrogen-bond donors (Lipinski definition) is 1. The van der Waals surface area contributed by atoms with Crippen molar-refractivity contribution < 1.29 is 13.2 Å². The highest BCUT2D eigenvalue weighted by molar-refractivity contribution is 9.11. The number of nitrogens with zero attached hydrogens (tertiary/aromatic N) is 1. The average Bonchev–Trinajstić information content (AvgIpc) is 3.25. The van der Waals surface area contributed by atoms with Crippen LogP contribution in [0, 0.1) is 0 Å². The predicted molar refractivity (Wildman–Crippen MR) is 95.5 cm³/mol. The molecule has 0 aliphatic carbocycles. The van der Waals surface area contributed by atoms with Gasteiger partial charge in [0.2, 0.25) is 10.0 Å². The largest absolute Gasteiger partial charge is 0.346 e. The van der Waals surface area contributed by atoms with Gasteiger partial charge in [-0.15, -0.1) is 22.7 Å². The van der Waals surface area contributed by atoms with Gasteiger partial charge in [-0.3, -0.25) is 4.79 Å². The maximum atomic E-state index is 12.6. The van der Waals surface area contributed by atoms with Crippen molar-refractivity contribution in [2.45, 2.75) is 24.3 Å². The zero-order valence-corrected chi connectivity index (χ0v) is 16.2. The van der Waals surface area contributed by atoms with Gasteiger partial charge >= 0.3 is 0 Å². The molecular formula is C14H15BrN2O3S3. The van der Waals surface area contributed by atoms with Crippen LogP contribution in [0.1, 0.15) is 27.4 Å². The first-order valence-corrected chi connectivity index (χ1v) is 11.0. The molecule has 1 fully saturated rings. The lowest BCUT2D eigenvalue weighted by Crippen LogP contribution is -2.30. The number of carbonyl (C=O) groups excluding carboxylic acids is 1. The van der Waals surface area contributed by atoms with Gasteiger partial charge in [0.15, 0.2) is 0 Å². The molecule has 0 unspecified atom stereocenters. The lowest BCUT2D eigenvalue weighted by molar-refractivity contribution is 0.0952. The van der Waals surface area contributed by atoms with E-state index in [0.717, 1.165) is 32.8 Å². The molecule has 1 aliphatic rings. The molecule has 1 amide bonds. The normalized spacial score (nSPS) is 15.9. The van der Waals surface area contributed by atoms with Gasteiger partial charge in [-0.1, -0.05) is 0 Å². The van der Waals surface area contributed by atoms with Crippen molar-refractivity contribution in [3.63, 3.8) is 0 Å². The van der Waals surface area contributed by atoms with E-state index >= 15 is 0 Å². The van der Waals surface area contributed by atoms with E-state index in [4.69, 9.17) is 0 Å². The first-order valence-electron chi connectivity index (χ1n) is 7.08. The van der Waals surface area contributed by atoms with E-state index in [2.05, 4.69) is 21.2 Å². The second-order valence-electron chi connectivity index (χ2n) is 5.11. The highest BCUT2D eigenvalue weighted by Gasteiger charge is 2.31. The van der Waals surface area contributed by atoms with Gasteiger partial charge in [-0.05, 0) is 52.4 Å². The van der Waals surface area contributed by atoms with E-state index in [-0.39, 0.29) is 15.7 Å². The third kappa shape index (κ3) is 3.69. The lowest BCUT2D eigenvalue weighted by atomic mass is 10.4. The topological polar surface area (TPSA) is 66.5 Å². The second-order valence-corrected chi connectivity index (χ2v) is 10.5. The molecule has 0 spiro atoms. The van der Waals surface area contributed by atoms with Gasteiger partial charge in [-0.2, -0.15) is 4.31 Å². The predicted octanol–water partition coefficient (Wildman–Crippen LogP) is 3.29. The van der Waals surface area contributed by atoms with Gasteiger partial charge in [0.1, 0.15) is 9.77 Å². The summed E-state index contributed by atoms with van der Waals surface area (Å²) < 4.78 is 27.7. The van der Waals surface area contributed by atoms with Crippen molar-refractivity contribution in [1.29, 1.82) is 0 Å². The van der Waals surface area contributed by atoms with Crippen molar-refractivity contribution in [1.82, 2.24) is 9.62 Å². The summed E-state index contributed by atoms with van der Waals surface area (Å²) in [6, 6.07) is 5.36. The molecule has 124 valence electrons. The van der Waals surface area contributed by atoms with Gasteiger partial charge in [0.05, 0.1) is 10.3 Å². The van der Waals surface area contributed by atoms with Crippen molar-refractivity contribution in [2.75, 3.05) is 13.1 Å². The number of carbonyl (C=O) groups is 1. The monoisotopic (exact) mass is 434 g/mol. The van der Waals surface area contributed by atoms with E-state index in [1.807, 2.05) is 12.1 Å². The summed E-state index contributed by atoms with van der Waals surface area (Å²) >= 11 is 6.07. The second kappa shape index (κ2) is 7.02. The number of nitrogens with one attached hydrogen (secondary N) is 1. The third-order valence-electron chi connectivity index (χ3n) is 3.57. The van der Waals surface area contributed by atoms with Crippen LogP contribution < -0.4 is 5.32 Å². The van der Waals surface area contributed by atoms with Crippen molar-refractivity contribution in [2.24, 2.45) is 0 Å². The molecule has 9 heteroatoms. The lowest BCUT2D eigenvalue weighted by Gasteiger charge is -2.15. The van der Waals surface area contributed by atoms with Crippen molar-refractivity contribution in [3.05, 3.63) is 37.1 Å². The van der Waals surface area contributed by atoms with Gasteiger partial charge < -0.3 is 5.32 Å².